The van der Waals surface area contributed by atoms with Crippen molar-refractivity contribution in [2.75, 3.05) is 13.1 Å². The highest BCUT2D eigenvalue weighted by Crippen LogP contribution is 2.36. The first-order chi connectivity index (χ1) is 12.9. The van der Waals surface area contributed by atoms with Crippen molar-refractivity contribution in [2.24, 2.45) is 17.8 Å². The molecule has 6 nitrogen and oxygen atoms in total. The molecule has 1 aliphatic rings. The van der Waals surface area contributed by atoms with Crippen LogP contribution in [0.15, 0.2) is 24.5 Å². The molecule has 3 rings (SSSR count). The Morgan fingerprint density at radius 3 is 2.63 bits per heavy atom. The van der Waals surface area contributed by atoms with Gasteiger partial charge in [0, 0.05) is 30.4 Å². The lowest BCUT2D eigenvalue weighted by Gasteiger charge is -2.42. The summed E-state index contributed by atoms with van der Waals surface area (Å²) in [7, 11) is 0. The van der Waals surface area contributed by atoms with Crippen LogP contribution in [0, 0.1) is 29.1 Å². The third kappa shape index (κ3) is 3.65. The molecule has 1 saturated heterocycles. The average Bonchev–Trinajstić information content (AvgIpc) is 2.66. The molecule has 27 heavy (non-hydrogen) atoms. The second-order valence-corrected chi connectivity index (χ2v) is 8.07. The molecule has 1 fully saturated rings. The quantitative estimate of drug-likeness (QED) is 0.869. The molecule has 2 N–H and O–H groups in total. The lowest BCUT2D eigenvalue weighted by Crippen LogP contribution is -2.58. The van der Waals surface area contributed by atoms with Crippen molar-refractivity contribution < 1.29 is 4.79 Å². The van der Waals surface area contributed by atoms with Crippen molar-refractivity contribution in [3.05, 3.63) is 35.7 Å². The molecule has 3 atom stereocenters. The monoisotopic (exact) mass is 365 g/mol. The van der Waals surface area contributed by atoms with Gasteiger partial charge in [-0.15, -0.1) is 0 Å². The second-order valence-electron chi connectivity index (χ2n) is 8.07. The van der Waals surface area contributed by atoms with Gasteiger partial charge in [0.05, 0.1) is 16.6 Å². The molecule has 0 saturated carbocycles. The first-order valence-corrected chi connectivity index (χ1v) is 9.55. The van der Waals surface area contributed by atoms with Crippen LogP contribution in [-0.4, -0.2) is 29.0 Å². The van der Waals surface area contributed by atoms with Gasteiger partial charge in [0.25, 0.3) is 0 Å². The molecule has 2 aromatic rings. The molecule has 0 radical (unpaired) electrons. The Bertz CT molecular complexity index is 888. The fourth-order valence-corrected chi connectivity index (χ4v) is 3.82. The smallest absolute Gasteiger partial charge is 0.223 e. The summed E-state index contributed by atoms with van der Waals surface area (Å²) < 4.78 is 0. The van der Waals surface area contributed by atoms with Crippen molar-refractivity contribution in [1.29, 1.82) is 5.26 Å². The minimum absolute atomic E-state index is 0.0438. The number of nitrogens with one attached hydrogen (secondary N) is 2. The van der Waals surface area contributed by atoms with Gasteiger partial charge in [0.2, 0.25) is 5.91 Å². The zero-order chi connectivity index (χ0) is 19.6. The standard InChI is InChI=1S/C21H27N5O/c1-13(2)15(4)20(27)26-21(9-14(3)11-23-12-21)17-6-5-16(10-22)18-19(17)25-8-7-24-18/h5-8,13-15,23H,9,11-12H2,1-4H3,(H,26,27)/t14-,15?,21-/m0/s1. The Hall–Kier alpha value is -2.52. The predicted octanol–water partition coefficient (Wildman–Crippen LogP) is 2.73. The van der Waals surface area contributed by atoms with Gasteiger partial charge in [0.15, 0.2) is 0 Å². The van der Waals surface area contributed by atoms with E-state index in [9.17, 15) is 10.1 Å². The molecule has 1 aromatic carbocycles. The number of aromatic nitrogens is 2. The van der Waals surface area contributed by atoms with Gasteiger partial charge in [-0.25, -0.2) is 0 Å². The van der Waals surface area contributed by atoms with E-state index in [1.165, 1.54) is 0 Å². The fourth-order valence-electron chi connectivity index (χ4n) is 3.82. The van der Waals surface area contributed by atoms with E-state index in [1.54, 1.807) is 18.5 Å². The van der Waals surface area contributed by atoms with E-state index in [2.05, 4.69) is 47.4 Å². The minimum atomic E-state index is -0.569. The molecule has 1 aliphatic heterocycles. The number of fused-ring (bicyclic) bond motifs is 1. The number of nitriles is 1. The SMILES string of the molecule is CC(C)C(C)C(=O)N[C@]1(c2ccc(C#N)c3nccnc23)CNC[C@@H](C)C1. The van der Waals surface area contributed by atoms with E-state index in [1.807, 2.05) is 13.0 Å². The Labute approximate surface area is 160 Å². The topological polar surface area (TPSA) is 90.7 Å². The number of hydrogen-bond donors (Lipinski definition) is 2. The maximum absolute atomic E-state index is 13.0. The van der Waals surface area contributed by atoms with Crippen LogP contribution in [0.1, 0.15) is 45.2 Å². The van der Waals surface area contributed by atoms with Gasteiger partial charge >= 0.3 is 0 Å². The molecule has 6 heteroatoms. The average molecular weight is 365 g/mol. The largest absolute Gasteiger partial charge is 0.345 e. The normalized spacial score (nSPS) is 23.8. The number of rotatable bonds is 4. The summed E-state index contributed by atoms with van der Waals surface area (Å²) in [6, 6.07) is 5.90. The van der Waals surface area contributed by atoms with Crippen molar-refractivity contribution in [3.8, 4) is 6.07 Å². The van der Waals surface area contributed by atoms with Crippen molar-refractivity contribution >= 4 is 16.9 Å². The van der Waals surface area contributed by atoms with E-state index in [4.69, 9.17) is 0 Å². The van der Waals surface area contributed by atoms with Crippen LogP contribution in [0.3, 0.4) is 0 Å². The molecule has 142 valence electrons. The highest BCUT2D eigenvalue weighted by Gasteiger charge is 2.40. The molecule has 0 aliphatic carbocycles. The van der Waals surface area contributed by atoms with Crippen molar-refractivity contribution in [1.82, 2.24) is 20.6 Å². The van der Waals surface area contributed by atoms with Crippen LogP contribution in [0.5, 0.6) is 0 Å². The molecule has 2 heterocycles. The van der Waals surface area contributed by atoms with E-state index < -0.39 is 5.54 Å². The number of hydrogen-bond acceptors (Lipinski definition) is 5. The molecule has 1 amide bonds. The molecule has 1 aromatic heterocycles. The number of nitrogens with zero attached hydrogens (tertiary/aromatic N) is 3. The number of amides is 1. The van der Waals surface area contributed by atoms with Crippen molar-refractivity contribution in [2.45, 2.75) is 39.7 Å². The van der Waals surface area contributed by atoms with E-state index in [-0.39, 0.29) is 17.7 Å². The summed E-state index contributed by atoms with van der Waals surface area (Å²) in [5.41, 5.74) is 2.12. The number of piperidine rings is 1. The lowest BCUT2D eigenvalue weighted by molar-refractivity contribution is -0.128. The van der Waals surface area contributed by atoms with Crippen LogP contribution >= 0.6 is 0 Å². The number of carbonyl (C=O) groups excluding carboxylic acids is 1. The Kier molecular flexibility index (Phi) is 5.43. The van der Waals surface area contributed by atoms with Gasteiger partial charge in [0.1, 0.15) is 11.6 Å². The fraction of sp³-hybridized carbons (Fsp3) is 0.524. The number of carbonyl (C=O) groups is 1. The maximum atomic E-state index is 13.0. The van der Waals surface area contributed by atoms with Gasteiger partial charge < -0.3 is 10.6 Å². The highest BCUT2D eigenvalue weighted by atomic mass is 16.2. The van der Waals surface area contributed by atoms with Crippen molar-refractivity contribution in [3.63, 3.8) is 0 Å². The summed E-state index contributed by atoms with van der Waals surface area (Å²) in [5, 5.41) is 16.2. The number of benzene rings is 1. The summed E-state index contributed by atoms with van der Waals surface area (Å²) in [5.74, 6) is 0.612. The third-order valence-corrected chi connectivity index (χ3v) is 5.65. The molecular formula is C21H27N5O. The minimum Gasteiger partial charge on any atom is -0.345 e. The van der Waals surface area contributed by atoms with Gasteiger partial charge in [-0.05, 0) is 30.9 Å². The summed E-state index contributed by atoms with van der Waals surface area (Å²) in [6.07, 6.45) is 4.05. The van der Waals surface area contributed by atoms with Gasteiger partial charge in [-0.2, -0.15) is 5.26 Å². The highest BCUT2D eigenvalue weighted by molar-refractivity contribution is 5.86. The zero-order valence-corrected chi connectivity index (χ0v) is 16.4. The summed E-state index contributed by atoms with van der Waals surface area (Å²) >= 11 is 0. The molecule has 1 unspecified atom stereocenters. The van der Waals surface area contributed by atoms with Gasteiger partial charge in [-0.1, -0.05) is 33.8 Å². The van der Waals surface area contributed by atoms with Gasteiger partial charge in [-0.3, -0.25) is 14.8 Å². The summed E-state index contributed by atoms with van der Waals surface area (Å²) in [4.78, 5) is 21.9. The van der Waals surface area contributed by atoms with Crippen LogP contribution in [0.2, 0.25) is 0 Å². The molecule has 0 bridgehead atoms. The summed E-state index contributed by atoms with van der Waals surface area (Å²) in [6.45, 7) is 9.80. The Morgan fingerprint density at radius 2 is 2.00 bits per heavy atom. The van der Waals surface area contributed by atoms with Crippen LogP contribution in [-0.2, 0) is 10.3 Å². The Morgan fingerprint density at radius 1 is 1.30 bits per heavy atom. The van der Waals surface area contributed by atoms with E-state index >= 15 is 0 Å². The van der Waals surface area contributed by atoms with E-state index in [0.717, 1.165) is 18.5 Å². The first kappa shape index (κ1) is 19.2. The Balaban J connectivity index is 2.14. The lowest BCUT2D eigenvalue weighted by atomic mass is 9.77. The second kappa shape index (κ2) is 7.61. The third-order valence-electron chi connectivity index (χ3n) is 5.65. The van der Waals surface area contributed by atoms with Crippen LogP contribution < -0.4 is 10.6 Å². The molecule has 0 spiro atoms. The maximum Gasteiger partial charge on any atom is 0.223 e. The first-order valence-electron chi connectivity index (χ1n) is 9.55. The molecular weight excluding hydrogens is 338 g/mol. The predicted molar refractivity (Wildman–Crippen MR) is 105 cm³/mol. The van der Waals surface area contributed by atoms with Crippen LogP contribution in [0.4, 0.5) is 0 Å². The van der Waals surface area contributed by atoms with Crippen LogP contribution in [0.25, 0.3) is 11.0 Å². The van der Waals surface area contributed by atoms with E-state index in [0.29, 0.717) is 29.1 Å². The zero-order valence-electron chi connectivity index (χ0n) is 16.4.